The first-order valence-corrected chi connectivity index (χ1v) is 5.36. The van der Waals surface area contributed by atoms with Crippen LogP contribution in [0.2, 0.25) is 0 Å². The predicted octanol–water partition coefficient (Wildman–Crippen LogP) is 1.36. The van der Waals surface area contributed by atoms with Gasteiger partial charge in [-0.25, -0.2) is 0 Å². The van der Waals surface area contributed by atoms with Gasteiger partial charge in [-0.05, 0) is 31.2 Å². The Morgan fingerprint density at radius 3 is 3.07 bits per heavy atom. The quantitative estimate of drug-likeness (QED) is 0.745. The molecule has 1 fully saturated rings. The molecule has 0 aliphatic carbocycles. The summed E-state index contributed by atoms with van der Waals surface area (Å²) >= 11 is 0. The van der Waals surface area contributed by atoms with Gasteiger partial charge in [0, 0.05) is 25.3 Å². The molecular weight excluding hydrogens is 186 g/mol. The van der Waals surface area contributed by atoms with E-state index < -0.39 is 0 Å². The van der Waals surface area contributed by atoms with Crippen LogP contribution in [0.5, 0.6) is 0 Å². The summed E-state index contributed by atoms with van der Waals surface area (Å²) in [6.45, 7) is 4.21. The van der Waals surface area contributed by atoms with Crippen molar-refractivity contribution in [1.29, 1.82) is 5.26 Å². The van der Waals surface area contributed by atoms with Crippen molar-refractivity contribution in [2.45, 2.75) is 6.42 Å². The summed E-state index contributed by atoms with van der Waals surface area (Å²) in [4.78, 5) is 2.33. The number of rotatable bonds is 1. The molecule has 1 aliphatic heterocycles. The largest absolute Gasteiger partial charge is 0.370 e. The van der Waals surface area contributed by atoms with Crippen molar-refractivity contribution in [3.8, 4) is 6.07 Å². The van der Waals surface area contributed by atoms with Crippen molar-refractivity contribution >= 4 is 5.69 Å². The van der Waals surface area contributed by atoms with E-state index in [0.717, 1.165) is 43.9 Å². The molecule has 0 unspecified atom stereocenters. The van der Waals surface area contributed by atoms with E-state index in [-0.39, 0.29) is 0 Å². The van der Waals surface area contributed by atoms with Crippen LogP contribution in [0.1, 0.15) is 12.0 Å². The second kappa shape index (κ2) is 4.81. The molecule has 2 rings (SSSR count). The van der Waals surface area contributed by atoms with E-state index in [1.165, 1.54) is 0 Å². The zero-order valence-corrected chi connectivity index (χ0v) is 8.74. The number of anilines is 1. The number of benzene rings is 1. The Labute approximate surface area is 90.3 Å². The minimum absolute atomic E-state index is 0.740. The van der Waals surface area contributed by atoms with Crippen LogP contribution in [-0.2, 0) is 0 Å². The van der Waals surface area contributed by atoms with Crippen molar-refractivity contribution in [2.75, 3.05) is 31.1 Å². The highest BCUT2D eigenvalue weighted by Crippen LogP contribution is 2.16. The third-order valence-corrected chi connectivity index (χ3v) is 2.68. The normalized spacial score (nSPS) is 16.9. The fourth-order valence-electron chi connectivity index (χ4n) is 1.88. The van der Waals surface area contributed by atoms with Crippen LogP contribution in [0.25, 0.3) is 0 Å². The predicted molar refractivity (Wildman–Crippen MR) is 60.9 cm³/mol. The Bertz CT molecular complexity index is 359. The Morgan fingerprint density at radius 2 is 2.20 bits per heavy atom. The molecule has 0 aromatic heterocycles. The van der Waals surface area contributed by atoms with Crippen molar-refractivity contribution < 1.29 is 0 Å². The molecule has 1 saturated heterocycles. The van der Waals surface area contributed by atoms with Crippen molar-refractivity contribution in [3.63, 3.8) is 0 Å². The molecule has 15 heavy (non-hydrogen) atoms. The van der Waals surface area contributed by atoms with Gasteiger partial charge in [-0.1, -0.05) is 6.07 Å². The first kappa shape index (κ1) is 10.0. The van der Waals surface area contributed by atoms with Crippen LogP contribution in [0, 0.1) is 11.3 Å². The summed E-state index contributed by atoms with van der Waals surface area (Å²) in [5.41, 5.74) is 1.91. The molecule has 3 heteroatoms. The van der Waals surface area contributed by atoms with E-state index in [0.29, 0.717) is 0 Å². The highest BCUT2D eigenvalue weighted by Gasteiger charge is 2.09. The average molecular weight is 201 g/mol. The first-order chi connectivity index (χ1) is 7.40. The van der Waals surface area contributed by atoms with Crippen LogP contribution in [0.4, 0.5) is 5.69 Å². The van der Waals surface area contributed by atoms with Crippen LogP contribution < -0.4 is 10.2 Å². The number of nitrogens with one attached hydrogen (secondary N) is 1. The molecule has 0 atom stereocenters. The monoisotopic (exact) mass is 201 g/mol. The lowest BCUT2D eigenvalue weighted by molar-refractivity contribution is 0.724. The Hall–Kier alpha value is -1.53. The van der Waals surface area contributed by atoms with Gasteiger partial charge in [0.15, 0.2) is 0 Å². The fourth-order valence-corrected chi connectivity index (χ4v) is 1.88. The molecule has 1 N–H and O–H groups in total. The molecule has 1 aromatic rings. The molecule has 3 nitrogen and oxygen atoms in total. The maximum atomic E-state index is 8.84. The molecule has 1 aromatic carbocycles. The molecule has 1 aliphatic rings. The van der Waals surface area contributed by atoms with Crippen LogP contribution in [-0.4, -0.2) is 26.2 Å². The van der Waals surface area contributed by atoms with Gasteiger partial charge in [0.2, 0.25) is 0 Å². The van der Waals surface area contributed by atoms with E-state index in [4.69, 9.17) is 5.26 Å². The van der Waals surface area contributed by atoms with E-state index >= 15 is 0 Å². The lowest BCUT2D eigenvalue weighted by Gasteiger charge is -2.22. The van der Waals surface area contributed by atoms with Gasteiger partial charge in [-0.2, -0.15) is 5.26 Å². The van der Waals surface area contributed by atoms with Crippen LogP contribution in [0.3, 0.4) is 0 Å². The smallest absolute Gasteiger partial charge is 0.0992 e. The Kier molecular flexibility index (Phi) is 3.21. The number of hydrogen-bond acceptors (Lipinski definition) is 3. The SMILES string of the molecule is N#Cc1cccc(N2CCCNCC2)c1. The van der Waals surface area contributed by atoms with Gasteiger partial charge in [-0.3, -0.25) is 0 Å². The van der Waals surface area contributed by atoms with Crippen molar-refractivity contribution in [1.82, 2.24) is 5.32 Å². The Balaban J connectivity index is 2.16. The summed E-state index contributed by atoms with van der Waals surface area (Å²) in [6, 6.07) is 10.0. The van der Waals surface area contributed by atoms with Gasteiger partial charge in [0.05, 0.1) is 11.6 Å². The molecule has 0 radical (unpaired) electrons. The summed E-state index contributed by atoms with van der Waals surface area (Å²) in [5.74, 6) is 0. The number of hydrogen-bond donors (Lipinski definition) is 1. The number of nitriles is 1. The minimum atomic E-state index is 0.740. The van der Waals surface area contributed by atoms with Gasteiger partial charge in [-0.15, -0.1) is 0 Å². The minimum Gasteiger partial charge on any atom is -0.370 e. The second-order valence-electron chi connectivity index (χ2n) is 3.75. The van der Waals surface area contributed by atoms with Gasteiger partial charge in [0.1, 0.15) is 0 Å². The van der Waals surface area contributed by atoms with E-state index in [1.807, 2.05) is 18.2 Å². The average Bonchev–Trinajstić information content (AvgIpc) is 2.58. The third kappa shape index (κ3) is 2.48. The summed E-state index contributed by atoms with van der Waals surface area (Å²) < 4.78 is 0. The topological polar surface area (TPSA) is 39.1 Å². The summed E-state index contributed by atoms with van der Waals surface area (Å²) in [7, 11) is 0. The lowest BCUT2D eigenvalue weighted by Crippen LogP contribution is -2.27. The van der Waals surface area contributed by atoms with Crippen LogP contribution >= 0.6 is 0 Å². The van der Waals surface area contributed by atoms with Crippen molar-refractivity contribution in [3.05, 3.63) is 29.8 Å². The fraction of sp³-hybridized carbons (Fsp3) is 0.417. The second-order valence-corrected chi connectivity index (χ2v) is 3.75. The van der Waals surface area contributed by atoms with E-state index in [9.17, 15) is 0 Å². The van der Waals surface area contributed by atoms with Gasteiger partial charge >= 0.3 is 0 Å². The molecule has 0 saturated carbocycles. The molecule has 0 spiro atoms. The molecule has 78 valence electrons. The molecule has 0 bridgehead atoms. The summed E-state index contributed by atoms with van der Waals surface area (Å²) in [5, 5.41) is 12.2. The molecular formula is C12H15N3. The highest BCUT2D eigenvalue weighted by molar-refractivity contribution is 5.51. The van der Waals surface area contributed by atoms with E-state index in [2.05, 4.69) is 22.4 Å². The maximum absolute atomic E-state index is 8.84. The lowest BCUT2D eigenvalue weighted by atomic mass is 10.2. The third-order valence-electron chi connectivity index (χ3n) is 2.68. The summed E-state index contributed by atoms with van der Waals surface area (Å²) in [6.07, 6.45) is 1.16. The highest BCUT2D eigenvalue weighted by atomic mass is 15.2. The van der Waals surface area contributed by atoms with Gasteiger partial charge < -0.3 is 10.2 Å². The molecule has 0 amide bonds. The van der Waals surface area contributed by atoms with E-state index in [1.54, 1.807) is 0 Å². The van der Waals surface area contributed by atoms with Crippen molar-refractivity contribution in [2.24, 2.45) is 0 Å². The Morgan fingerprint density at radius 1 is 1.27 bits per heavy atom. The first-order valence-electron chi connectivity index (χ1n) is 5.36. The van der Waals surface area contributed by atoms with Gasteiger partial charge in [0.25, 0.3) is 0 Å². The molecule has 1 heterocycles. The maximum Gasteiger partial charge on any atom is 0.0992 e. The standard InChI is InChI=1S/C12H15N3/c13-10-11-3-1-4-12(9-11)15-7-2-5-14-6-8-15/h1,3-4,9,14H,2,5-8H2. The number of nitrogens with zero attached hydrogens (tertiary/aromatic N) is 2. The zero-order valence-electron chi connectivity index (χ0n) is 8.74. The van der Waals surface area contributed by atoms with Crippen LogP contribution in [0.15, 0.2) is 24.3 Å². The zero-order chi connectivity index (χ0) is 10.5.